The van der Waals surface area contributed by atoms with Crippen LogP contribution < -0.4 is 16.0 Å². The first-order valence-corrected chi connectivity index (χ1v) is 10.0. The summed E-state index contributed by atoms with van der Waals surface area (Å²) in [6.45, 7) is 1.88. The summed E-state index contributed by atoms with van der Waals surface area (Å²) < 4.78 is 0. The highest BCUT2D eigenvalue weighted by Crippen LogP contribution is 2.20. The molecule has 152 valence electrons. The third-order valence-corrected chi connectivity index (χ3v) is 4.76. The summed E-state index contributed by atoms with van der Waals surface area (Å²) >= 11 is 11.1. The molecule has 0 unspecified atom stereocenters. The van der Waals surface area contributed by atoms with Crippen LogP contribution in [0.5, 0.6) is 0 Å². The lowest BCUT2D eigenvalue weighted by Gasteiger charge is -2.13. The molecule has 2 amide bonds. The Hall–Kier alpha value is -3.22. The SMILES string of the molecule is Cc1cc(NC(=S)NC(=O)Cc2ccc(Cl)cc2)ccc1NC(=O)c1ccccc1. The normalized spacial score (nSPS) is 10.2. The van der Waals surface area contributed by atoms with Crippen molar-refractivity contribution in [1.82, 2.24) is 5.32 Å². The number of anilines is 2. The quantitative estimate of drug-likeness (QED) is 0.493. The van der Waals surface area contributed by atoms with Crippen LogP contribution >= 0.6 is 23.8 Å². The van der Waals surface area contributed by atoms with Gasteiger partial charge in [-0.05, 0) is 72.7 Å². The minimum absolute atomic E-state index is 0.176. The van der Waals surface area contributed by atoms with Gasteiger partial charge in [-0.15, -0.1) is 0 Å². The maximum Gasteiger partial charge on any atom is 0.255 e. The first kappa shape index (κ1) is 21.5. The van der Waals surface area contributed by atoms with Gasteiger partial charge in [0.15, 0.2) is 5.11 Å². The highest BCUT2D eigenvalue weighted by atomic mass is 35.5. The molecule has 0 aliphatic heterocycles. The summed E-state index contributed by atoms with van der Waals surface area (Å²) in [7, 11) is 0. The lowest BCUT2D eigenvalue weighted by Crippen LogP contribution is -2.35. The van der Waals surface area contributed by atoms with E-state index in [4.69, 9.17) is 23.8 Å². The molecule has 3 aromatic rings. The Kier molecular flexibility index (Phi) is 7.17. The van der Waals surface area contributed by atoms with Crippen LogP contribution in [-0.2, 0) is 11.2 Å². The van der Waals surface area contributed by atoms with Gasteiger partial charge < -0.3 is 16.0 Å². The molecule has 0 bridgehead atoms. The zero-order valence-electron chi connectivity index (χ0n) is 16.2. The lowest BCUT2D eigenvalue weighted by molar-refractivity contribution is -0.119. The molecule has 0 saturated heterocycles. The number of aryl methyl sites for hydroxylation is 1. The zero-order valence-corrected chi connectivity index (χ0v) is 17.8. The topological polar surface area (TPSA) is 70.2 Å². The van der Waals surface area contributed by atoms with Crippen LogP contribution in [0.25, 0.3) is 0 Å². The average Bonchev–Trinajstić information content (AvgIpc) is 2.72. The number of thiocarbonyl (C=S) groups is 1. The Bertz CT molecular complexity index is 1070. The molecule has 0 saturated carbocycles. The van der Waals surface area contributed by atoms with Gasteiger partial charge >= 0.3 is 0 Å². The van der Waals surface area contributed by atoms with Crippen LogP contribution in [0.2, 0.25) is 5.02 Å². The van der Waals surface area contributed by atoms with E-state index >= 15 is 0 Å². The Morgan fingerprint density at radius 1 is 0.933 bits per heavy atom. The van der Waals surface area contributed by atoms with Crippen LogP contribution in [-0.4, -0.2) is 16.9 Å². The van der Waals surface area contributed by atoms with E-state index in [9.17, 15) is 9.59 Å². The summed E-state index contributed by atoms with van der Waals surface area (Å²) in [4.78, 5) is 24.5. The standard InChI is InChI=1S/C23H20ClN3O2S/c1-15-13-19(11-12-20(15)26-22(29)17-5-3-2-4-6-17)25-23(30)27-21(28)14-16-7-9-18(24)10-8-16/h2-13H,14H2,1H3,(H,26,29)(H2,25,27,28,30). The fourth-order valence-corrected chi connectivity index (χ4v) is 3.14. The van der Waals surface area contributed by atoms with Crippen molar-refractivity contribution in [3.63, 3.8) is 0 Å². The van der Waals surface area contributed by atoms with Gasteiger partial charge in [-0.2, -0.15) is 0 Å². The third kappa shape index (κ3) is 6.14. The predicted molar refractivity (Wildman–Crippen MR) is 125 cm³/mol. The highest BCUT2D eigenvalue weighted by molar-refractivity contribution is 7.80. The number of hydrogen-bond donors (Lipinski definition) is 3. The number of rotatable bonds is 5. The van der Waals surface area contributed by atoms with Gasteiger partial charge in [0.25, 0.3) is 5.91 Å². The molecule has 3 N–H and O–H groups in total. The molecule has 7 heteroatoms. The van der Waals surface area contributed by atoms with Crippen LogP contribution in [0.15, 0.2) is 72.8 Å². The summed E-state index contributed by atoms with van der Waals surface area (Å²) in [6, 6.07) is 21.5. The van der Waals surface area contributed by atoms with Gasteiger partial charge in [0.2, 0.25) is 5.91 Å². The molecule has 0 heterocycles. The molecule has 0 radical (unpaired) electrons. The van der Waals surface area contributed by atoms with E-state index in [1.165, 1.54) is 0 Å². The number of nitrogens with one attached hydrogen (secondary N) is 3. The minimum atomic E-state index is -0.224. The number of benzene rings is 3. The molecular formula is C23H20ClN3O2S. The van der Waals surface area contributed by atoms with Crippen molar-refractivity contribution >= 4 is 52.1 Å². The van der Waals surface area contributed by atoms with Crippen LogP contribution in [0.1, 0.15) is 21.5 Å². The molecule has 30 heavy (non-hydrogen) atoms. The van der Waals surface area contributed by atoms with Crippen molar-refractivity contribution in [2.24, 2.45) is 0 Å². The van der Waals surface area contributed by atoms with E-state index in [0.29, 0.717) is 22.0 Å². The number of amides is 2. The summed E-state index contributed by atoms with van der Waals surface area (Å²) in [5.74, 6) is -0.400. The van der Waals surface area contributed by atoms with Crippen molar-refractivity contribution in [2.45, 2.75) is 13.3 Å². The Morgan fingerprint density at radius 3 is 2.30 bits per heavy atom. The van der Waals surface area contributed by atoms with Crippen molar-refractivity contribution in [3.05, 3.63) is 94.5 Å². The average molecular weight is 438 g/mol. The van der Waals surface area contributed by atoms with E-state index in [-0.39, 0.29) is 23.3 Å². The van der Waals surface area contributed by atoms with Crippen molar-refractivity contribution in [2.75, 3.05) is 10.6 Å². The summed E-state index contributed by atoms with van der Waals surface area (Å²) in [6.07, 6.45) is 0.197. The van der Waals surface area contributed by atoms with E-state index in [1.807, 2.05) is 31.2 Å². The van der Waals surface area contributed by atoms with E-state index in [0.717, 1.165) is 11.1 Å². The number of carbonyl (C=O) groups is 2. The van der Waals surface area contributed by atoms with Gasteiger partial charge in [-0.25, -0.2) is 0 Å². The molecular weight excluding hydrogens is 418 g/mol. The van der Waals surface area contributed by atoms with E-state index in [2.05, 4.69) is 16.0 Å². The Labute approximate surface area is 185 Å². The van der Waals surface area contributed by atoms with Crippen LogP contribution in [0, 0.1) is 6.92 Å². The van der Waals surface area contributed by atoms with Gasteiger partial charge in [-0.1, -0.05) is 41.9 Å². The number of carbonyl (C=O) groups excluding carboxylic acids is 2. The van der Waals surface area contributed by atoms with Gasteiger partial charge in [0, 0.05) is 22.0 Å². The monoisotopic (exact) mass is 437 g/mol. The maximum absolute atomic E-state index is 12.3. The molecule has 0 atom stereocenters. The van der Waals surface area contributed by atoms with Crippen molar-refractivity contribution in [1.29, 1.82) is 0 Å². The number of hydrogen-bond acceptors (Lipinski definition) is 3. The molecule has 0 aromatic heterocycles. The Balaban J connectivity index is 1.55. The van der Waals surface area contributed by atoms with Gasteiger partial charge in [-0.3, -0.25) is 9.59 Å². The molecule has 0 fully saturated rings. The van der Waals surface area contributed by atoms with E-state index < -0.39 is 0 Å². The molecule has 0 spiro atoms. The van der Waals surface area contributed by atoms with Crippen molar-refractivity contribution < 1.29 is 9.59 Å². The van der Waals surface area contributed by atoms with Crippen molar-refractivity contribution in [3.8, 4) is 0 Å². The first-order chi connectivity index (χ1) is 14.4. The number of halogens is 1. The fourth-order valence-electron chi connectivity index (χ4n) is 2.79. The summed E-state index contributed by atoms with van der Waals surface area (Å²) in [5, 5.41) is 9.36. The third-order valence-electron chi connectivity index (χ3n) is 4.30. The molecule has 0 aliphatic rings. The largest absolute Gasteiger partial charge is 0.332 e. The smallest absolute Gasteiger partial charge is 0.255 e. The van der Waals surface area contributed by atoms with E-state index in [1.54, 1.807) is 48.5 Å². The minimum Gasteiger partial charge on any atom is -0.332 e. The Morgan fingerprint density at radius 2 is 1.63 bits per heavy atom. The molecule has 5 nitrogen and oxygen atoms in total. The molecule has 0 aliphatic carbocycles. The predicted octanol–water partition coefficient (Wildman–Crippen LogP) is 4.96. The maximum atomic E-state index is 12.3. The second kappa shape index (κ2) is 10.0. The lowest BCUT2D eigenvalue weighted by atomic mass is 10.1. The first-order valence-electron chi connectivity index (χ1n) is 9.23. The zero-order chi connectivity index (χ0) is 21.5. The molecule has 3 aromatic carbocycles. The molecule has 3 rings (SSSR count). The van der Waals surface area contributed by atoms with Crippen LogP contribution in [0.4, 0.5) is 11.4 Å². The highest BCUT2D eigenvalue weighted by Gasteiger charge is 2.09. The van der Waals surface area contributed by atoms with Gasteiger partial charge in [0.1, 0.15) is 0 Å². The second-order valence-electron chi connectivity index (χ2n) is 6.66. The second-order valence-corrected chi connectivity index (χ2v) is 7.50. The van der Waals surface area contributed by atoms with Gasteiger partial charge in [0.05, 0.1) is 6.42 Å². The fraction of sp³-hybridized carbons (Fsp3) is 0.0870. The van der Waals surface area contributed by atoms with Crippen LogP contribution in [0.3, 0.4) is 0 Å². The summed E-state index contributed by atoms with van der Waals surface area (Å²) in [5.41, 5.74) is 3.70.